The second-order valence-electron chi connectivity index (χ2n) is 5.68. The van der Waals surface area contributed by atoms with E-state index in [0.717, 1.165) is 32.4 Å². The number of hydrogen-bond acceptors (Lipinski definition) is 2. The Hall–Kier alpha value is -1.26. The summed E-state index contributed by atoms with van der Waals surface area (Å²) in [4.78, 5) is 24.7. The van der Waals surface area contributed by atoms with Gasteiger partial charge in [0.2, 0.25) is 0 Å². The molecule has 18 heavy (non-hydrogen) atoms. The van der Waals surface area contributed by atoms with Crippen LogP contribution in [0.1, 0.15) is 39.0 Å². The predicted molar refractivity (Wildman–Crippen MR) is 67.3 cm³/mol. The van der Waals surface area contributed by atoms with Crippen LogP contribution in [0.3, 0.4) is 0 Å². The van der Waals surface area contributed by atoms with Crippen LogP contribution in [0.5, 0.6) is 0 Å². The number of carbonyl (C=O) groups is 2. The standard InChI is InChI=1S/C13H22N2O3/c1-9-3-2-6-15(8-9)13(18)14-11(7-12(16)17)10-4-5-10/h9-11H,2-8H2,1H3,(H,14,18)(H,16,17). The summed E-state index contributed by atoms with van der Waals surface area (Å²) in [7, 11) is 0. The van der Waals surface area contributed by atoms with Crippen molar-refractivity contribution in [3.8, 4) is 0 Å². The molecule has 0 aromatic carbocycles. The van der Waals surface area contributed by atoms with Crippen LogP contribution in [-0.4, -0.2) is 41.1 Å². The van der Waals surface area contributed by atoms with E-state index in [-0.39, 0.29) is 18.5 Å². The number of nitrogens with zero attached hydrogens (tertiary/aromatic N) is 1. The van der Waals surface area contributed by atoms with Crippen LogP contribution < -0.4 is 5.32 Å². The van der Waals surface area contributed by atoms with E-state index in [2.05, 4.69) is 12.2 Å². The van der Waals surface area contributed by atoms with Crippen molar-refractivity contribution in [3.63, 3.8) is 0 Å². The van der Waals surface area contributed by atoms with E-state index in [4.69, 9.17) is 5.11 Å². The van der Waals surface area contributed by atoms with Crippen LogP contribution in [-0.2, 0) is 4.79 Å². The number of nitrogens with one attached hydrogen (secondary N) is 1. The zero-order valence-corrected chi connectivity index (χ0v) is 10.9. The van der Waals surface area contributed by atoms with Gasteiger partial charge in [0.1, 0.15) is 0 Å². The van der Waals surface area contributed by atoms with Crippen molar-refractivity contribution in [2.24, 2.45) is 11.8 Å². The molecule has 5 nitrogen and oxygen atoms in total. The van der Waals surface area contributed by atoms with E-state index in [9.17, 15) is 9.59 Å². The number of likely N-dealkylation sites (tertiary alicyclic amines) is 1. The summed E-state index contributed by atoms with van der Waals surface area (Å²) in [5, 5.41) is 11.8. The van der Waals surface area contributed by atoms with Crippen molar-refractivity contribution in [2.45, 2.75) is 45.1 Å². The van der Waals surface area contributed by atoms with Crippen LogP contribution in [0.4, 0.5) is 4.79 Å². The first-order valence-corrected chi connectivity index (χ1v) is 6.83. The topological polar surface area (TPSA) is 69.6 Å². The molecule has 2 rings (SSSR count). The van der Waals surface area contributed by atoms with Gasteiger partial charge >= 0.3 is 12.0 Å². The van der Waals surface area contributed by atoms with Gasteiger partial charge in [-0.05, 0) is 37.5 Å². The molecule has 1 aliphatic carbocycles. The van der Waals surface area contributed by atoms with Crippen molar-refractivity contribution < 1.29 is 14.7 Å². The van der Waals surface area contributed by atoms with Gasteiger partial charge in [0.15, 0.2) is 0 Å². The minimum Gasteiger partial charge on any atom is -0.481 e. The zero-order chi connectivity index (χ0) is 13.1. The lowest BCUT2D eigenvalue weighted by Crippen LogP contribution is -2.49. The highest BCUT2D eigenvalue weighted by molar-refractivity contribution is 5.76. The summed E-state index contributed by atoms with van der Waals surface area (Å²) in [6.07, 6.45) is 4.33. The molecule has 0 bridgehead atoms. The number of urea groups is 1. The normalized spacial score (nSPS) is 25.6. The summed E-state index contributed by atoms with van der Waals surface area (Å²) in [5.41, 5.74) is 0. The average molecular weight is 254 g/mol. The Bertz CT molecular complexity index is 328. The van der Waals surface area contributed by atoms with Crippen LogP contribution in [0.2, 0.25) is 0 Å². The molecule has 2 amide bonds. The van der Waals surface area contributed by atoms with E-state index >= 15 is 0 Å². The maximum absolute atomic E-state index is 12.1. The molecular weight excluding hydrogens is 232 g/mol. The fourth-order valence-corrected chi connectivity index (χ4v) is 2.65. The first-order valence-electron chi connectivity index (χ1n) is 6.83. The molecule has 0 aromatic rings. The number of carboxylic acid groups (broad SMARTS) is 1. The van der Waals surface area contributed by atoms with Crippen LogP contribution in [0.25, 0.3) is 0 Å². The maximum atomic E-state index is 12.1. The Labute approximate surface area is 108 Å². The third-order valence-electron chi connectivity index (χ3n) is 3.84. The van der Waals surface area contributed by atoms with Gasteiger partial charge < -0.3 is 15.3 Å². The fraction of sp³-hybridized carbons (Fsp3) is 0.846. The van der Waals surface area contributed by atoms with Gasteiger partial charge in [-0.15, -0.1) is 0 Å². The van der Waals surface area contributed by atoms with Crippen LogP contribution >= 0.6 is 0 Å². The van der Waals surface area contributed by atoms with Crippen molar-refractivity contribution in [1.82, 2.24) is 10.2 Å². The highest BCUT2D eigenvalue weighted by Gasteiger charge is 2.35. The summed E-state index contributed by atoms with van der Waals surface area (Å²) in [5.74, 6) is 0.0785. The van der Waals surface area contributed by atoms with Crippen LogP contribution in [0.15, 0.2) is 0 Å². The van der Waals surface area contributed by atoms with Gasteiger partial charge in [0, 0.05) is 19.1 Å². The monoisotopic (exact) mass is 254 g/mol. The first kappa shape index (κ1) is 13.2. The Morgan fingerprint density at radius 1 is 1.39 bits per heavy atom. The number of rotatable bonds is 4. The Morgan fingerprint density at radius 2 is 2.11 bits per heavy atom. The summed E-state index contributed by atoms with van der Waals surface area (Å²) in [6, 6.07) is -0.271. The SMILES string of the molecule is CC1CCCN(C(=O)NC(CC(=O)O)C2CC2)C1. The molecular formula is C13H22N2O3. The van der Waals surface area contributed by atoms with E-state index in [0.29, 0.717) is 11.8 Å². The van der Waals surface area contributed by atoms with Gasteiger partial charge in [-0.2, -0.15) is 0 Å². The number of hydrogen-bond donors (Lipinski definition) is 2. The molecule has 1 saturated heterocycles. The highest BCUT2D eigenvalue weighted by atomic mass is 16.4. The largest absolute Gasteiger partial charge is 0.481 e. The summed E-state index contributed by atoms with van der Waals surface area (Å²) >= 11 is 0. The Morgan fingerprint density at radius 3 is 2.67 bits per heavy atom. The minimum atomic E-state index is -0.834. The van der Waals surface area contributed by atoms with Gasteiger partial charge in [-0.25, -0.2) is 4.79 Å². The molecule has 0 radical (unpaired) electrons. The third-order valence-corrected chi connectivity index (χ3v) is 3.84. The zero-order valence-electron chi connectivity index (χ0n) is 10.9. The molecule has 102 valence electrons. The van der Waals surface area contributed by atoms with Gasteiger partial charge in [-0.3, -0.25) is 4.79 Å². The van der Waals surface area contributed by atoms with E-state index in [1.54, 1.807) is 0 Å². The smallest absolute Gasteiger partial charge is 0.317 e. The average Bonchev–Trinajstić information content (AvgIpc) is 3.11. The van der Waals surface area contributed by atoms with Crippen molar-refractivity contribution in [3.05, 3.63) is 0 Å². The molecule has 2 aliphatic rings. The second kappa shape index (κ2) is 5.59. The molecule has 2 unspecified atom stereocenters. The number of aliphatic carboxylic acids is 1. The van der Waals surface area contributed by atoms with Crippen molar-refractivity contribution >= 4 is 12.0 Å². The molecule has 2 N–H and O–H groups in total. The number of carboxylic acids is 1. The highest BCUT2D eigenvalue weighted by Crippen LogP contribution is 2.34. The molecule has 2 fully saturated rings. The van der Waals surface area contributed by atoms with E-state index in [1.807, 2.05) is 4.90 Å². The quantitative estimate of drug-likeness (QED) is 0.802. The summed E-state index contributed by atoms with van der Waals surface area (Å²) in [6.45, 7) is 3.73. The molecule has 0 aromatic heterocycles. The molecule has 1 aliphatic heterocycles. The number of piperidine rings is 1. The van der Waals surface area contributed by atoms with E-state index < -0.39 is 5.97 Å². The predicted octanol–water partition coefficient (Wildman–Crippen LogP) is 1.68. The van der Waals surface area contributed by atoms with Gasteiger partial charge in [-0.1, -0.05) is 6.92 Å². The minimum absolute atomic E-state index is 0.0415. The third kappa shape index (κ3) is 3.62. The first-order chi connectivity index (χ1) is 8.56. The van der Waals surface area contributed by atoms with Crippen molar-refractivity contribution in [2.75, 3.05) is 13.1 Å². The van der Waals surface area contributed by atoms with E-state index in [1.165, 1.54) is 6.42 Å². The maximum Gasteiger partial charge on any atom is 0.317 e. The van der Waals surface area contributed by atoms with Crippen LogP contribution in [0, 0.1) is 11.8 Å². The molecule has 2 atom stereocenters. The van der Waals surface area contributed by atoms with Gasteiger partial charge in [0.25, 0.3) is 0 Å². The molecule has 1 saturated carbocycles. The lowest BCUT2D eigenvalue weighted by atomic mass is 10.0. The molecule has 0 spiro atoms. The Balaban J connectivity index is 1.85. The van der Waals surface area contributed by atoms with Gasteiger partial charge in [0.05, 0.1) is 6.42 Å². The second-order valence-corrected chi connectivity index (χ2v) is 5.68. The molecule has 5 heteroatoms. The fourth-order valence-electron chi connectivity index (χ4n) is 2.65. The Kier molecular flexibility index (Phi) is 4.09. The summed E-state index contributed by atoms with van der Waals surface area (Å²) < 4.78 is 0. The lowest BCUT2D eigenvalue weighted by Gasteiger charge is -2.32. The lowest BCUT2D eigenvalue weighted by molar-refractivity contribution is -0.137. The molecule has 1 heterocycles. The number of amides is 2. The van der Waals surface area contributed by atoms with Crippen molar-refractivity contribution in [1.29, 1.82) is 0 Å². The number of carbonyl (C=O) groups excluding carboxylic acids is 1.